The third kappa shape index (κ3) is 5.69. The van der Waals surface area contributed by atoms with Gasteiger partial charge in [0.25, 0.3) is 0 Å². The summed E-state index contributed by atoms with van der Waals surface area (Å²) >= 11 is 7.13. The zero-order valence-corrected chi connectivity index (χ0v) is 15.0. The first-order valence-corrected chi connectivity index (χ1v) is 8.59. The highest BCUT2D eigenvalue weighted by atomic mass is 35.5. The largest absolute Gasteiger partial charge is 0.417 e. The zero-order chi connectivity index (χ0) is 17.7. The van der Waals surface area contributed by atoms with Gasteiger partial charge in [0.15, 0.2) is 0 Å². The van der Waals surface area contributed by atoms with E-state index in [2.05, 4.69) is 4.98 Å². The van der Waals surface area contributed by atoms with Crippen LogP contribution in [0.3, 0.4) is 0 Å². The highest BCUT2D eigenvalue weighted by molar-refractivity contribution is 7.99. The predicted octanol–water partition coefficient (Wildman–Crippen LogP) is 5.40. The molecule has 2 rings (SSSR count). The van der Waals surface area contributed by atoms with E-state index in [-0.39, 0.29) is 0 Å². The number of halogens is 4. The van der Waals surface area contributed by atoms with Crippen LogP contribution in [-0.2, 0) is 12.6 Å². The lowest BCUT2D eigenvalue weighted by Crippen LogP contribution is -2.14. The van der Waals surface area contributed by atoms with E-state index < -0.39 is 11.7 Å². The van der Waals surface area contributed by atoms with Crippen LogP contribution in [0.4, 0.5) is 13.2 Å². The summed E-state index contributed by atoms with van der Waals surface area (Å²) in [6, 6.07) is 8.19. The van der Waals surface area contributed by atoms with E-state index in [0.717, 1.165) is 24.1 Å². The van der Waals surface area contributed by atoms with E-state index in [0.29, 0.717) is 22.0 Å². The molecule has 7 heteroatoms. The fourth-order valence-corrected chi connectivity index (χ4v) is 3.21. The minimum atomic E-state index is -4.40. The van der Waals surface area contributed by atoms with Gasteiger partial charge in [-0.05, 0) is 63.8 Å². The van der Waals surface area contributed by atoms with Crippen LogP contribution >= 0.6 is 23.4 Å². The highest BCUT2D eigenvalue weighted by Gasteiger charge is 2.31. The van der Waals surface area contributed by atoms with Gasteiger partial charge in [0.2, 0.25) is 0 Å². The fourth-order valence-electron chi connectivity index (χ4n) is 2.10. The second-order valence-electron chi connectivity index (χ2n) is 5.63. The molecule has 0 saturated carbocycles. The molecule has 0 spiro atoms. The summed E-state index contributed by atoms with van der Waals surface area (Å²) in [5.74, 6) is 0. The third-order valence-electron chi connectivity index (χ3n) is 3.32. The summed E-state index contributed by atoms with van der Waals surface area (Å²) in [7, 11) is 3.92. The van der Waals surface area contributed by atoms with Gasteiger partial charge in [0, 0.05) is 21.0 Å². The van der Waals surface area contributed by atoms with E-state index in [1.807, 2.05) is 19.0 Å². The average Bonchev–Trinajstić information content (AvgIpc) is 2.49. The molecule has 0 amide bonds. The Morgan fingerprint density at radius 2 is 1.83 bits per heavy atom. The van der Waals surface area contributed by atoms with Crippen molar-refractivity contribution in [3.8, 4) is 0 Å². The van der Waals surface area contributed by atoms with E-state index in [1.54, 1.807) is 24.3 Å². The molecule has 1 heterocycles. The molecule has 2 nitrogen and oxygen atoms in total. The Morgan fingerprint density at radius 3 is 2.42 bits per heavy atom. The summed E-state index contributed by atoms with van der Waals surface area (Å²) < 4.78 is 38.9. The van der Waals surface area contributed by atoms with Crippen molar-refractivity contribution in [3.63, 3.8) is 0 Å². The maximum Gasteiger partial charge on any atom is 0.417 e. The van der Waals surface area contributed by atoms with Gasteiger partial charge in [-0.2, -0.15) is 13.2 Å². The molecular formula is C17H18ClF3N2S. The van der Waals surface area contributed by atoms with Crippen molar-refractivity contribution in [2.45, 2.75) is 28.8 Å². The van der Waals surface area contributed by atoms with Crippen LogP contribution in [0.25, 0.3) is 0 Å². The monoisotopic (exact) mass is 374 g/mol. The number of benzene rings is 1. The molecule has 0 aliphatic rings. The van der Waals surface area contributed by atoms with Crippen molar-refractivity contribution in [3.05, 3.63) is 52.8 Å². The van der Waals surface area contributed by atoms with Gasteiger partial charge in [0.05, 0.1) is 11.3 Å². The van der Waals surface area contributed by atoms with Crippen molar-refractivity contribution < 1.29 is 13.2 Å². The lowest BCUT2D eigenvalue weighted by molar-refractivity contribution is -0.138. The molecular weight excluding hydrogens is 357 g/mol. The number of nitrogens with zero attached hydrogens (tertiary/aromatic N) is 2. The molecule has 0 atom stereocenters. The molecule has 1 aromatic heterocycles. The van der Waals surface area contributed by atoms with Gasteiger partial charge < -0.3 is 4.90 Å². The Kier molecular flexibility index (Phi) is 6.54. The van der Waals surface area contributed by atoms with Crippen LogP contribution in [0, 0.1) is 0 Å². The highest BCUT2D eigenvalue weighted by Crippen LogP contribution is 2.36. The van der Waals surface area contributed by atoms with E-state index in [4.69, 9.17) is 11.6 Å². The van der Waals surface area contributed by atoms with E-state index in [1.165, 1.54) is 17.8 Å². The molecule has 0 fully saturated rings. The lowest BCUT2D eigenvalue weighted by atomic mass is 10.2. The van der Waals surface area contributed by atoms with Gasteiger partial charge >= 0.3 is 6.18 Å². The molecule has 24 heavy (non-hydrogen) atoms. The average molecular weight is 375 g/mol. The second kappa shape index (κ2) is 8.23. The lowest BCUT2D eigenvalue weighted by Gasteiger charge is -2.14. The number of hydrogen-bond acceptors (Lipinski definition) is 3. The Hall–Kier alpha value is -1.24. The molecule has 0 aliphatic heterocycles. The van der Waals surface area contributed by atoms with Crippen molar-refractivity contribution in [1.82, 2.24) is 9.88 Å². The maximum absolute atomic E-state index is 13.0. The molecule has 2 aromatic rings. The van der Waals surface area contributed by atoms with Crippen LogP contribution in [0.2, 0.25) is 5.02 Å². The van der Waals surface area contributed by atoms with Gasteiger partial charge in [-0.15, -0.1) is 0 Å². The number of rotatable bonds is 6. The van der Waals surface area contributed by atoms with Crippen LogP contribution in [-0.4, -0.2) is 30.5 Å². The number of aryl methyl sites for hydroxylation is 1. The quantitative estimate of drug-likeness (QED) is 0.673. The summed E-state index contributed by atoms with van der Waals surface area (Å²) in [4.78, 5) is 7.47. The van der Waals surface area contributed by atoms with Crippen molar-refractivity contribution >= 4 is 23.4 Å². The normalized spacial score (nSPS) is 12.0. The molecule has 0 aliphatic carbocycles. The molecule has 1 aromatic carbocycles. The van der Waals surface area contributed by atoms with Gasteiger partial charge in [0.1, 0.15) is 0 Å². The van der Waals surface area contributed by atoms with Crippen molar-refractivity contribution in [1.29, 1.82) is 0 Å². The van der Waals surface area contributed by atoms with Gasteiger partial charge in [-0.1, -0.05) is 23.4 Å². The molecule has 130 valence electrons. The summed E-state index contributed by atoms with van der Waals surface area (Å²) in [5, 5.41) is 0.590. The Morgan fingerprint density at radius 1 is 1.17 bits per heavy atom. The fraction of sp³-hybridized carbons (Fsp3) is 0.353. The number of hydrogen-bond donors (Lipinski definition) is 0. The van der Waals surface area contributed by atoms with Crippen molar-refractivity contribution in [2.75, 3.05) is 20.6 Å². The first-order chi connectivity index (χ1) is 11.3. The van der Waals surface area contributed by atoms with Crippen LogP contribution in [0.1, 0.15) is 17.7 Å². The van der Waals surface area contributed by atoms with Crippen LogP contribution < -0.4 is 0 Å². The standard InChI is InChI=1S/C17H18ClF3N2S/c1-23(2)9-3-4-15-16(10-12(11-22-15)17(19,20)21)24-14-7-5-13(18)6-8-14/h5-8,10-11H,3-4,9H2,1-2H3. The Balaban J connectivity index is 2.26. The molecule has 0 bridgehead atoms. The maximum atomic E-state index is 13.0. The Bertz CT molecular complexity index is 673. The van der Waals surface area contributed by atoms with E-state index in [9.17, 15) is 13.2 Å². The van der Waals surface area contributed by atoms with Crippen LogP contribution in [0.15, 0.2) is 46.3 Å². The number of pyridine rings is 1. The van der Waals surface area contributed by atoms with Crippen LogP contribution in [0.5, 0.6) is 0 Å². The third-order valence-corrected chi connectivity index (χ3v) is 4.65. The Labute approximate surface area is 149 Å². The zero-order valence-electron chi connectivity index (χ0n) is 13.4. The van der Waals surface area contributed by atoms with Gasteiger partial charge in [-0.25, -0.2) is 0 Å². The second-order valence-corrected chi connectivity index (χ2v) is 7.18. The summed E-state index contributed by atoms with van der Waals surface area (Å²) in [6.07, 6.45) is -2.02. The minimum Gasteiger partial charge on any atom is -0.309 e. The molecule has 0 unspecified atom stereocenters. The van der Waals surface area contributed by atoms with E-state index >= 15 is 0 Å². The van der Waals surface area contributed by atoms with Gasteiger partial charge in [-0.3, -0.25) is 4.98 Å². The number of alkyl halides is 3. The number of aromatic nitrogens is 1. The minimum absolute atomic E-state index is 0.533. The topological polar surface area (TPSA) is 16.1 Å². The predicted molar refractivity (Wildman–Crippen MR) is 91.7 cm³/mol. The smallest absolute Gasteiger partial charge is 0.309 e. The first-order valence-electron chi connectivity index (χ1n) is 7.40. The molecule has 0 radical (unpaired) electrons. The summed E-state index contributed by atoms with van der Waals surface area (Å²) in [5.41, 5.74) is -0.0416. The summed E-state index contributed by atoms with van der Waals surface area (Å²) in [6.45, 7) is 0.855. The molecule has 0 saturated heterocycles. The van der Waals surface area contributed by atoms with Crippen molar-refractivity contribution in [2.24, 2.45) is 0 Å². The first kappa shape index (κ1) is 19.1. The SMILES string of the molecule is CN(C)CCCc1ncc(C(F)(F)F)cc1Sc1ccc(Cl)cc1. The molecule has 0 N–H and O–H groups in total.